The third-order valence-corrected chi connectivity index (χ3v) is 4.15. The van der Waals surface area contributed by atoms with E-state index in [1.54, 1.807) is 13.0 Å². The predicted molar refractivity (Wildman–Crippen MR) is 96.7 cm³/mol. The van der Waals surface area contributed by atoms with Crippen molar-refractivity contribution in [1.82, 2.24) is 15.3 Å². The molecule has 6 nitrogen and oxygen atoms in total. The number of hydrogen-bond donors (Lipinski definition) is 2. The second-order valence-electron chi connectivity index (χ2n) is 6.19. The maximum atomic E-state index is 12.3. The molecule has 1 unspecified atom stereocenters. The SMILES string of the molecule is Cc1nc(NCCc2ccccc2)cc(C(=O)NCC2CCCO2)n1. The molecule has 0 aliphatic carbocycles. The number of carbonyl (C=O) groups is 1. The van der Waals surface area contributed by atoms with Gasteiger partial charge in [0.15, 0.2) is 0 Å². The minimum atomic E-state index is -0.188. The van der Waals surface area contributed by atoms with Crippen molar-refractivity contribution in [3.8, 4) is 0 Å². The first-order valence-electron chi connectivity index (χ1n) is 8.74. The van der Waals surface area contributed by atoms with Crippen LogP contribution in [0.5, 0.6) is 0 Å². The Labute approximate surface area is 148 Å². The molecular weight excluding hydrogens is 316 g/mol. The van der Waals surface area contributed by atoms with E-state index in [2.05, 4.69) is 32.7 Å². The standard InChI is InChI=1S/C19H24N4O2/c1-14-22-17(19(24)21-13-16-8-5-11-25-16)12-18(23-14)20-10-9-15-6-3-2-4-7-15/h2-4,6-7,12,16H,5,8-11,13H2,1H3,(H,21,24)(H,20,22,23). The maximum Gasteiger partial charge on any atom is 0.270 e. The molecule has 6 heteroatoms. The van der Waals surface area contributed by atoms with Crippen LogP contribution in [0.3, 0.4) is 0 Å². The van der Waals surface area contributed by atoms with Crippen LogP contribution in [-0.4, -0.2) is 41.7 Å². The zero-order valence-electron chi connectivity index (χ0n) is 14.5. The normalized spacial score (nSPS) is 16.6. The summed E-state index contributed by atoms with van der Waals surface area (Å²) in [5.41, 5.74) is 1.64. The fraction of sp³-hybridized carbons (Fsp3) is 0.421. The van der Waals surface area contributed by atoms with Crippen molar-refractivity contribution in [3.63, 3.8) is 0 Å². The number of rotatable bonds is 7. The molecule has 0 spiro atoms. The van der Waals surface area contributed by atoms with Gasteiger partial charge in [0.25, 0.3) is 5.91 Å². The zero-order chi connectivity index (χ0) is 17.5. The molecule has 2 N–H and O–H groups in total. The Hall–Kier alpha value is -2.47. The molecule has 1 aliphatic rings. The molecule has 1 aliphatic heterocycles. The Bertz CT molecular complexity index is 700. The van der Waals surface area contributed by atoms with E-state index >= 15 is 0 Å². The van der Waals surface area contributed by atoms with E-state index in [0.717, 1.165) is 32.4 Å². The summed E-state index contributed by atoms with van der Waals surface area (Å²) in [7, 11) is 0. The molecule has 1 amide bonds. The summed E-state index contributed by atoms with van der Waals surface area (Å²) in [6.07, 6.45) is 3.07. The summed E-state index contributed by atoms with van der Waals surface area (Å²) in [5.74, 6) is 1.06. The first-order valence-corrected chi connectivity index (χ1v) is 8.74. The van der Waals surface area contributed by atoms with Crippen LogP contribution in [0, 0.1) is 6.92 Å². The molecule has 2 aromatic rings. The second-order valence-corrected chi connectivity index (χ2v) is 6.19. The average molecular weight is 340 g/mol. The van der Waals surface area contributed by atoms with Crippen LogP contribution in [-0.2, 0) is 11.2 Å². The van der Waals surface area contributed by atoms with Gasteiger partial charge in [0.2, 0.25) is 0 Å². The quantitative estimate of drug-likeness (QED) is 0.809. The number of ether oxygens (including phenoxy) is 1. The van der Waals surface area contributed by atoms with Gasteiger partial charge in [0.1, 0.15) is 17.3 Å². The minimum absolute atomic E-state index is 0.121. The van der Waals surface area contributed by atoms with Crippen molar-refractivity contribution in [3.05, 3.63) is 53.5 Å². The van der Waals surface area contributed by atoms with E-state index in [9.17, 15) is 4.79 Å². The summed E-state index contributed by atoms with van der Waals surface area (Å²) in [5, 5.41) is 6.17. The van der Waals surface area contributed by atoms with E-state index in [0.29, 0.717) is 23.9 Å². The van der Waals surface area contributed by atoms with Gasteiger partial charge in [-0.05, 0) is 31.7 Å². The van der Waals surface area contributed by atoms with Crippen LogP contribution in [0.25, 0.3) is 0 Å². The van der Waals surface area contributed by atoms with Crippen molar-refractivity contribution in [1.29, 1.82) is 0 Å². The fourth-order valence-electron chi connectivity index (χ4n) is 2.86. The van der Waals surface area contributed by atoms with Gasteiger partial charge < -0.3 is 15.4 Å². The predicted octanol–water partition coefficient (Wildman–Crippen LogP) is 2.35. The van der Waals surface area contributed by atoms with Gasteiger partial charge in [0.05, 0.1) is 6.10 Å². The molecule has 1 aromatic carbocycles. The lowest BCUT2D eigenvalue weighted by Crippen LogP contribution is -2.32. The number of benzene rings is 1. The molecule has 0 radical (unpaired) electrons. The molecule has 1 atom stereocenters. The Morgan fingerprint density at radius 2 is 2.12 bits per heavy atom. The lowest BCUT2D eigenvalue weighted by atomic mass is 10.1. The van der Waals surface area contributed by atoms with E-state index in [-0.39, 0.29) is 12.0 Å². The van der Waals surface area contributed by atoms with Gasteiger partial charge in [-0.25, -0.2) is 9.97 Å². The number of nitrogens with zero attached hydrogens (tertiary/aromatic N) is 2. The highest BCUT2D eigenvalue weighted by Gasteiger charge is 2.17. The molecule has 1 saturated heterocycles. The van der Waals surface area contributed by atoms with Crippen LogP contribution in [0.15, 0.2) is 36.4 Å². The number of anilines is 1. The molecule has 0 bridgehead atoms. The van der Waals surface area contributed by atoms with Gasteiger partial charge in [0, 0.05) is 25.8 Å². The first kappa shape index (κ1) is 17.4. The highest BCUT2D eigenvalue weighted by atomic mass is 16.5. The van der Waals surface area contributed by atoms with Crippen molar-refractivity contribution in [2.75, 3.05) is 25.0 Å². The first-order chi connectivity index (χ1) is 12.2. The number of amides is 1. The highest BCUT2D eigenvalue weighted by Crippen LogP contribution is 2.11. The van der Waals surface area contributed by atoms with Crippen LogP contribution in [0.4, 0.5) is 5.82 Å². The minimum Gasteiger partial charge on any atom is -0.376 e. The molecule has 2 heterocycles. The van der Waals surface area contributed by atoms with Gasteiger partial charge in [-0.3, -0.25) is 4.79 Å². The van der Waals surface area contributed by atoms with Crippen molar-refractivity contribution in [2.24, 2.45) is 0 Å². The third-order valence-electron chi connectivity index (χ3n) is 4.15. The topological polar surface area (TPSA) is 76.1 Å². The van der Waals surface area contributed by atoms with E-state index < -0.39 is 0 Å². The molecule has 1 fully saturated rings. The monoisotopic (exact) mass is 340 g/mol. The zero-order valence-corrected chi connectivity index (χ0v) is 14.5. The van der Waals surface area contributed by atoms with Crippen molar-refractivity contribution < 1.29 is 9.53 Å². The lowest BCUT2D eigenvalue weighted by Gasteiger charge is -2.12. The molecule has 25 heavy (non-hydrogen) atoms. The van der Waals surface area contributed by atoms with Crippen LogP contribution in [0.1, 0.15) is 34.7 Å². The van der Waals surface area contributed by atoms with Crippen molar-refractivity contribution >= 4 is 11.7 Å². The fourth-order valence-corrected chi connectivity index (χ4v) is 2.86. The number of carbonyl (C=O) groups excluding carboxylic acids is 1. The van der Waals surface area contributed by atoms with E-state index in [4.69, 9.17) is 4.74 Å². The van der Waals surface area contributed by atoms with Gasteiger partial charge in [-0.15, -0.1) is 0 Å². The average Bonchev–Trinajstić information content (AvgIpc) is 3.14. The summed E-state index contributed by atoms with van der Waals surface area (Å²) in [6.45, 7) is 3.85. The van der Waals surface area contributed by atoms with Gasteiger partial charge in [-0.1, -0.05) is 30.3 Å². The van der Waals surface area contributed by atoms with E-state index in [1.807, 2.05) is 18.2 Å². The maximum absolute atomic E-state index is 12.3. The number of hydrogen-bond acceptors (Lipinski definition) is 5. The number of nitrogens with one attached hydrogen (secondary N) is 2. The Morgan fingerprint density at radius 1 is 1.28 bits per heavy atom. The molecule has 132 valence electrons. The summed E-state index contributed by atoms with van der Waals surface area (Å²) >= 11 is 0. The Kier molecular flexibility index (Phi) is 5.95. The molecule has 3 rings (SSSR count). The number of aryl methyl sites for hydroxylation is 1. The number of aromatic nitrogens is 2. The summed E-state index contributed by atoms with van der Waals surface area (Å²) in [4.78, 5) is 20.9. The lowest BCUT2D eigenvalue weighted by molar-refractivity contribution is 0.0853. The second kappa shape index (κ2) is 8.58. The third kappa shape index (κ3) is 5.26. The van der Waals surface area contributed by atoms with Crippen molar-refractivity contribution in [2.45, 2.75) is 32.3 Å². The smallest absolute Gasteiger partial charge is 0.270 e. The Morgan fingerprint density at radius 3 is 2.88 bits per heavy atom. The highest BCUT2D eigenvalue weighted by molar-refractivity contribution is 5.92. The van der Waals surface area contributed by atoms with Gasteiger partial charge >= 0.3 is 0 Å². The van der Waals surface area contributed by atoms with Crippen LogP contribution < -0.4 is 10.6 Å². The summed E-state index contributed by atoms with van der Waals surface area (Å²) in [6, 6.07) is 11.9. The summed E-state index contributed by atoms with van der Waals surface area (Å²) < 4.78 is 5.52. The largest absolute Gasteiger partial charge is 0.376 e. The van der Waals surface area contributed by atoms with Crippen LogP contribution in [0.2, 0.25) is 0 Å². The molecule has 1 aromatic heterocycles. The Balaban J connectivity index is 1.54. The van der Waals surface area contributed by atoms with E-state index in [1.165, 1.54) is 5.56 Å². The molecular formula is C19H24N4O2. The molecule has 0 saturated carbocycles. The van der Waals surface area contributed by atoms with Gasteiger partial charge in [-0.2, -0.15) is 0 Å². The van der Waals surface area contributed by atoms with Crippen LogP contribution >= 0.6 is 0 Å².